The van der Waals surface area contributed by atoms with Crippen LogP contribution in [0.15, 0.2) is 24.3 Å². The molecule has 72 valence electrons. The maximum absolute atomic E-state index is 13.4. The van der Waals surface area contributed by atoms with Gasteiger partial charge < -0.3 is 5.32 Å². The second-order valence-electron chi connectivity index (χ2n) is 3.20. The molecule has 0 aliphatic rings. The molecule has 1 aromatic heterocycles. The number of rotatable bonds is 1. The summed E-state index contributed by atoms with van der Waals surface area (Å²) in [6.45, 7) is 1.85. The summed E-state index contributed by atoms with van der Waals surface area (Å²) in [5.74, 6) is -0.275. The molecule has 2 nitrogen and oxygen atoms in total. The van der Waals surface area contributed by atoms with E-state index in [9.17, 15) is 4.39 Å². The molecule has 0 aliphatic carbocycles. The van der Waals surface area contributed by atoms with Gasteiger partial charge in [-0.3, -0.25) is 0 Å². The van der Waals surface area contributed by atoms with Crippen LogP contribution in [-0.2, 0) is 0 Å². The normalized spacial score (nSPS) is 10.5. The Kier molecular flexibility index (Phi) is 2.08. The van der Waals surface area contributed by atoms with Crippen LogP contribution in [0.5, 0.6) is 0 Å². The summed E-state index contributed by atoms with van der Waals surface area (Å²) in [4.78, 5) is 4.17. The van der Waals surface area contributed by atoms with E-state index in [0.717, 1.165) is 16.8 Å². The molecule has 0 atom stereocenters. The Morgan fingerprint density at radius 3 is 2.86 bits per heavy atom. The average Bonchev–Trinajstić information content (AvgIpc) is 2.18. The van der Waals surface area contributed by atoms with Gasteiger partial charge in [-0.25, -0.2) is 9.37 Å². The standard InChI is InChI=1S/C11H11FN2/c1-7-6-10(13-2)8-4-3-5-9(12)11(8)14-7/h3-6H,1-2H3,(H,13,14). The number of para-hydroxylation sites is 1. The van der Waals surface area contributed by atoms with Crippen molar-refractivity contribution in [3.63, 3.8) is 0 Å². The molecule has 0 saturated carbocycles. The molecule has 1 heterocycles. The van der Waals surface area contributed by atoms with Gasteiger partial charge in [0, 0.05) is 23.8 Å². The third-order valence-corrected chi connectivity index (χ3v) is 2.19. The predicted molar refractivity (Wildman–Crippen MR) is 56.0 cm³/mol. The number of anilines is 1. The van der Waals surface area contributed by atoms with Crippen LogP contribution in [-0.4, -0.2) is 12.0 Å². The molecule has 0 spiro atoms. The highest BCUT2D eigenvalue weighted by Gasteiger charge is 2.05. The molecule has 0 aliphatic heterocycles. The molecule has 3 heteroatoms. The van der Waals surface area contributed by atoms with Crippen molar-refractivity contribution in [1.29, 1.82) is 0 Å². The number of nitrogens with zero attached hydrogens (tertiary/aromatic N) is 1. The lowest BCUT2D eigenvalue weighted by Gasteiger charge is -2.07. The van der Waals surface area contributed by atoms with Crippen molar-refractivity contribution >= 4 is 16.6 Å². The first-order valence-corrected chi connectivity index (χ1v) is 4.46. The number of benzene rings is 1. The fraction of sp³-hybridized carbons (Fsp3) is 0.182. The largest absolute Gasteiger partial charge is 0.388 e. The van der Waals surface area contributed by atoms with Crippen molar-refractivity contribution in [3.05, 3.63) is 35.8 Å². The first-order valence-electron chi connectivity index (χ1n) is 4.46. The Labute approximate surface area is 81.8 Å². The number of aryl methyl sites for hydroxylation is 1. The summed E-state index contributed by atoms with van der Waals surface area (Å²) in [5.41, 5.74) is 2.15. The van der Waals surface area contributed by atoms with Crippen LogP contribution in [0.2, 0.25) is 0 Å². The zero-order valence-electron chi connectivity index (χ0n) is 8.13. The molecule has 2 aromatic rings. The number of nitrogens with one attached hydrogen (secondary N) is 1. The van der Waals surface area contributed by atoms with Gasteiger partial charge in [-0.1, -0.05) is 12.1 Å². The minimum atomic E-state index is -0.275. The van der Waals surface area contributed by atoms with Crippen molar-refractivity contribution in [2.24, 2.45) is 0 Å². The summed E-state index contributed by atoms with van der Waals surface area (Å²) in [5, 5.41) is 3.85. The van der Waals surface area contributed by atoms with Crippen molar-refractivity contribution in [1.82, 2.24) is 4.98 Å². The molecule has 2 rings (SSSR count). The lowest BCUT2D eigenvalue weighted by Crippen LogP contribution is -1.94. The van der Waals surface area contributed by atoms with Gasteiger partial charge in [-0.05, 0) is 19.1 Å². The Morgan fingerprint density at radius 2 is 2.14 bits per heavy atom. The van der Waals surface area contributed by atoms with Gasteiger partial charge in [0.15, 0.2) is 0 Å². The van der Waals surface area contributed by atoms with Crippen molar-refractivity contribution in [2.45, 2.75) is 6.92 Å². The summed E-state index contributed by atoms with van der Waals surface area (Å²) < 4.78 is 13.4. The molecule has 0 fully saturated rings. The molecule has 0 amide bonds. The Hall–Kier alpha value is -1.64. The summed E-state index contributed by atoms with van der Waals surface area (Å²) in [7, 11) is 1.82. The fourth-order valence-corrected chi connectivity index (χ4v) is 1.55. The Bertz CT molecular complexity index is 480. The van der Waals surface area contributed by atoms with Crippen LogP contribution in [0.4, 0.5) is 10.1 Å². The first-order chi connectivity index (χ1) is 6.72. The van der Waals surface area contributed by atoms with E-state index in [1.165, 1.54) is 6.07 Å². The molecular weight excluding hydrogens is 179 g/mol. The van der Waals surface area contributed by atoms with E-state index in [1.807, 2.05) is 26.1 Å². The van der Waals surface area contributed by atoms with E-state index in [-0.39, 0.29) is 5.82 Å². The number of aromatic nitrogens is 1. The van der Waals surface area contributed by atoms with Gasteiger partial charge in [-0.15, -0.1) is 0 Å². The van der Waals surface area contributed by atoms with Crippen LogP contribution in [0, 0.1) is 12.7 Å². The van der Waals surface area contributed by atoms with Crippen LogP contribution in [0.3, 0.4) is 0 Å². The molecule has 0 saturated heterocycles. The highest BCUT2D eigenvalue weighted by atomic mass is 19.1. The monoisotopic (exact) mass is 190 g/mol. The topological polar surface area (TPSA) is 24.9 Å². The van der Waals surface area contributed by atoms with E-state index >= 15 is 0 Å². The highest BCUT2D eigenvalue weighted by molar-refractivity contribution is 5.91. The van der Waals surface area contributed by atoms with Crippen LogP contribution in [0.25, 0.3) is 10.9 Å². The lowest BCUT2D eigenvalue weighted by atomic mass is 10.1. The minimum Gasteiger partial charge on any atom is -0.388 e. The van der Waals surface area contributed by atoms with E-state index in [4.69, 9.17) is 0 Å². The van der Waals surface area contributed by atoms with Gasteiger partial charge in [0.1, 0.15) is 11.3 Å². The Balaban J connectivity index is 2.87. The van der Waals surface area contributed by atoms with Gasteiger partial charge in [0.2, 0.25) is 0 Å². The van der Waals surface area contributed by atoms with Crippen molar-refractivity contribution in [2.75, 3.05) is 12.4 Å². The molecule has 14 heavy (non-hydrogen) atoms. The summed E-state index contributed by atoms with van der Waals surface area (Å²) in [6, 6.07) is 6.88. The van der Waals surface area contributed by atoms with E-state index in [2.05, 4.69) is 10.3 Å². The zero-order chi connectivity index (χ0) is 10.1. The maximum atomic E-state index is 13.4. The second-order valence-corrected chi connectivity index (χ2v) is 3.20. The van der Waals surface area contributed by atoms with E-state index in [1.54, 1.807) is 6.07 Å². The van der Waals surface area contributed by atoms with Crippen molar-refractivity contribution < 1.29 is 4.39 Å². The van der Waals surface area contributed by atoms with Gasteiger partial charge in [0.25, 0.3) is 0 Å². The minimum absolute atomic E-state index is 0.275. The molecular formula is C11H11FN2. The van der Waals surface area contributed by atoms with Gasteiger partial charge in [0.05, 0.1) is 0 Å². The first kappa shape index (κ1) is 8.94. The number of pyridine rings is 1. The van der Waals surface area contributed by atoms with E-state index < -0.39 is 0 Å². The molecule has 0 bridgehead atoms. The average molecular weight is 190 g/mol. The lowest BCUT2D eigenvalue weighted by molar-refractivity contribution is 0.636. The molecule has 0 unspecified atom stereocenters. The van der Waals surface area contributed by atoms with Gasteiger partial charge in [-0.2, -0.15) is 0 Å². The SMILES string of the molecule is CNc1cc(C)nc2c(F)cccc12. The third-order valence-electron chi connectivity index (χ3n) is 2.19. The predicted octanol–water partition coefficient (Wildman–Crippen LogP) is 2.72. The third kappa shape index (κ3) is 1.31. The molecule has 1 aromatic carbocycles. The van der Waals surface area contributed by atoms with Crippen molar-refractivity contribution in [3.8, 4) is 0 Å². The number of hydrogen-bond donors (Lipinski definition) is 1. The molecule has 0 radical (unpaired) electrons. The number of hydrogen-bond acceptors (Lipinski definition) is 2. The zero-order valence-corrected chi connectivity index (χ0v) is 8.13. The highest BCUT2D eigenvalue weighted by Crippen LogP contribution is 2.24. The fourth-order valence-electron chi connectivity index (χ4n) is 1.55. The number of fused-ring (bicyclic) bond motifs is 1. The van der Waals surface area contributed by atoms with E-state index in [0.29, 0.717) is 5.52 Å². The van der Waals surface area contributed by atoms with Crippen LogP contribution >= 0.6 is 0 Å². The number of halogens is 1. The second kappa shape index (κ2) is 3.25. The quantitative estimate of drug-likeness (QED) is 0.747. The summed E-state index contributed by atoms with van der Waals surface area (Å²) >= 11 is 0. The summed E-state index contributed by atoms with van der Waals surface area (Å²) in [6.07, 6.45) is 0. The van der Waals surface area contributed by atoms with Crippen LogP contribution in [0.1, 0.15) is 5.69 Å². The molecule has 1 N–H and O–H groups in total. The smallest absolute Gasteiger partial charge is 0.149 e. The van der Waals surface area contributed by atoms with Gasteiger partial charge >= 0.3 is 0 Å². The van der Waals surface area contributed by atoms with Crippen LogP contribution < -0.4 is 5.32 Å². The maximum Gasteiger partial charge on any atom is 0.149 e. The Morgan fingerprint density at radius 1 is 1.36 bits per heavy atom.